The highest BCUT2D eigenvalue weighted by molar-refractivity contribution is 5.86. The number of carbonyl (C=O) groups is 1. The Morgan fingerprint density at radius 1 is 1.20 bits per heavy atom. The van der Waals surface area contributed by atoms with E-state index in [1.807, 2.05) is 57.2 Å². The van der Waals surface area contributed by atoms with Crippen molar-refractivity contribution in [3.63, 3.8) is 0 Å². The van der Waals surface area contributed by atoms with Gasteiger partial charge in [0.25, 0.3) is 0 Å². The van der Waals surface area contributed by atoms with Crippen molar-refractivity contribution in [2.24, 2.45) is 5.92 Å². The van der Waals surface area contributed by atoms with E-state index >= 15 is 0 Å². The van der Waals surface area contributed by atoms with Gasteiger partial charge in [0.1, 0.15) is 6.10 Å². The minimum Gasteiger partial charge on any atom is -0.370 e. The van der Waals surface area contributed by atoms with Gasteiger partial charge in [0.05, 0.1) is 11.9 Å². The first-order chi connectivity index (χ1) is 9.61. The number of hydrogen-bond donors (Lipinski definition) is 0. The van der Waals surface area contributed by atoms with Crippen LogP contribution in [0, 0.1) is 5.92 Å². The number of aromatic nitrogens is 1. The van der Waals surface area contributed by atoms with Gasteiger partial charge in [-0.1, -0.05) is 38.1 Å². The number of nitrogens with zero attached hydrogens (tertiary/aromatic N) is 1. The molecular weight excluding hydrogens is 250 g/mol. The van der Waals surface area contributed by atoms with Crippen molar-refractivity contribution in [3.05, 3.63) is 42.1 Å². The predicted molar refractivity (Wildman–Crippen MR) is 80.7 cm³/mol. The standard InChI is InChI=1S/C17H21NO2/c1-4-20-17(12(2)3)16(19)11-14-10-9-13-7-5-6-8-15(13)18-14/h5-10,12,17H,4,11H2,1-3H3. The number of hydrogen-bond acceptors (Lipinski definition) is 3. The van der Waals surface area contributed by atoms with E-state index in [1.54, 1.807) is 0 Å². The van der Waals surface area contributed by atoms with Crippen molar-refractivity contribution in [2.75, 3.05) is 6.61 Å². The largest absolute Gasteiger partial charge is 0.370 e. The van der Waals surface area contributed by atoms with Gasteiger partial charge in [-0.2, -0.15) is 0 Å². The van der Waals surface area contributed by atoms with Crippen LogP contribution in [0.2, 0.25) is 0 Å². The fourth-order valence-corrected chi connectivity index (χ4v) is 2.32. The number of ketones is 1. The third-order valence-electron chi connectivity index (χ3n) is 3.28. The van der Waals surface area contributed by atoms with E-state index in [0.29, 0.717) is 13.0 Å². The quantitative estimate of drug-likeness (QED) is 0.808. The molecule has 0 bridgehead atoms. The van der Waals surface area contributed by atoms with Gasteiger partial charge >= 0.3 is 0 Å². The van der Waals surface area contributed by atoms with Crippen molar-refractivity contribution in [1.82, 2.24) is 4.98 Å². The molecule has 0 saturated heterocycles. The average Bonchev–Trinajstić information content (AvgIpc) is 2.44. The molecule has 2 aromatic rings. The van der Waals surface area contributed by atoms with Crippen LogP contribution in [0.3, 0.4) is 0 Å². The van der Waals surface area contributed by atoms with E-state index in [0.717, 1.165) is 16.6 Å². The minimum atomic E-state index is -0.340. The van der Waals surface area contributed by atoms with Crippen LogP contribution in [0.1, 0.15) is 26.5 Å². The van der Waals surface area contributed by atoms with Gasteiger partial charge in [-0.3, -0.25) is 9.78 Å². The van der Waals surface area contributed by atoms with E-state index in [4.69, 9.17) is 4.74 Å². The predicted octanol–water partition coefficient (Wildman–Crippen LogP) is 3.41. The van der Waals surface area contributed by atoms with Gasteiger partial charge in [0.15, 0.2) is 5.78 Å². The average molecular weight is 271 g/mol. The maximum Gasteiger partial charge on any atom is 0.167 e. The summed E-state index contributed by atoms with van der Waals surface area (Å²) in [7, 11) is 0. The Hall–Kier alpha value is -1.74. The number of Topliss-reactive ketones (excluding diaryl/α,β-unsaturated/α-hetero) is 1. The zero-order chi connectivity index (χ0) is 14.5. The first-order valence-electron chi connectivity index (χ1n) is 7.10. The second kappa shape index (κ2) is 6.62. The van der Waals surface area contributed by atoms with Crippen molar-refractivity contribution in [1.29, 1.82) is 0 Å². The van der Waals surface area contributed by atoms with Crippen LogP contribution in [-0.2, 0) is 16.0 Å². The van der Waals surface area contributed by atoms with Crippen LogP contribution in [0.5, 0.6) is 0 Å². The zero-order valence-corrected chi connectivity index (χ0v) is 12.3. The van der Waals surface area contributed by atoms with Gasteiger partial charge in [-0.15, -0.1) is 0 Å². The lowest BCUT2D eigenvalue weighted by Crippen LogP contribution is -2.31. The third-order valence-corrected chi connectivity index (χ3v) is 3.28. The van der Waals surface area contributed by atoms with Crippen LogP contribution in [0.4, 0.5) is 0 Å². The number of fused-ring (bicyclic) bond motifs is 1. The molecule has 0 N–H and O–H groups in total. The molecule has 1 aromatic heterocycles. The first-order valence-corrected chi connectivity index (χ1v) is 7.10. The smallest absolute Gasteiger partial charge is 0.167 e. The summed E-state index contributed by atoms with van der Waals surface area (Å²) in [4.78, 5) is 16.9. The molecular formula is C17H21NO2. The molecule has 0 fully saturated rings. The lowest BCUT2D eigenvalue weighted by Gasteiger charge is -2.19. The second-order valence-electron chi connectivity index (χ2n) is 5.26. The molecule has 20 heavy (non-hydrogen) atoms. The number of pyridine rings is 1. The molecule has 1 heterocycles. The summed E-state index contributed by atoms with van der Waals surface area (Å²) in [6.45, 7) is 6.48. The molecule has 1 atom stereocenters. The fraction of sp³-hybridized carbons (Fsp3) is 0.412. The summed E-state index contributed by atoms with van der Waals surface area (Å²) in [5, 5.41) is 1.09. The molecule has 106 valence electrons. The lowest BCUT2D eigenvalue weighted by molar-refractivity contribution is -0.132. The summed E-state index contributed by atoms with van der Waals surface area (Å²) < 4.78 is 5.55. The van der Waals surface area contributed by atoms with Gasteiger partial charge in [-0.25, -0.2) is 0 Å². The highest BCUT2D eigenvalue weighted by Crippen LogP contribution is 2.15. The summed E-state index contributed by atoms with van der Waals surface area (Å²) in [5.74, 6) is 0.285. The maximum absolute atomic E-state index is 12.3. The van der Waals surface area contributed by atoms with E-state index in [2.05, 4.69) is 4.98 Å². The van der Waals surface area contributed by atoms with Crippen molar-refractivity contribution >= 4 is 16.7 Å². The van der Waals surface area contributed by atoms with Crippen LogP contribution in [-0.4, -0.2) is 23.5 Å². The number of rotatable bonds is 6. The van der Waals surface area contributed by atoms with Crippen LogP contribution in [0.15, 0.2) is 36.4 Å². The van der Waals surface area contributed by atoms with Crippen LogP contribution < -0.4 is 0 Å². The van der Waals surface area contributed by atoms with Crippen LogP contribution in [0.25, 0.3) is 10.9 Å². The molecule has 0 aliphatic rings. The number of ether oxygens (including phenoxy) is 1. The Morgan fingerprint density at radius 2 is 1.95 bits per heavy atom. The monoisotopic (exact) mass is 271 g/mol. The number of benzene rings is 1. The normalized spacial score (nSPS) is 12.8. The van der Waals surface area contributed by atoms with E-state index < -0.39 is 0 Å². The molecule has 2 rings (SSSR count). The SMILES string of the molecule is CCOC(C(=O)Cc1ccc2ccccc2n1)C(C)C. The van der Waals surface area contributed by atoms with E-state index in [1.165, 1.54) is 0 Å². The van der Waals surface area contributed by atoms with Crippen molar-refractivity contribution in [2.45, 2.75) is 33.3 Å². The third kappa shape index (κ3) is 3.42. The molecule has 0 aliphatic carbocycles. The second-order valence-corrected chi connectivity index (χ2v) is 5.26. The Bertz CT molecular complexity index is 592. The molecule has 0 saturated carbocycles. The van der Waals surface area contributed by atoms with Crippen LogP contribution >= 0.6 is 0 Å². The summed E-state index contributed by atoms with van der Waals surface area (Å²) in [6, 6.07) is 11.9. The molecule has 1 aromatic carbocycles. The fourth-order valence-electron chi connectivity index (χ4n) is 2.32. The van der Waals surface area contributed by atoms with Crippen molar-refractivity contribution < 1.29 is 9.53 Å². The molecule has 3 nitrogen and oxygen atoms in total. The first kappa shape index (κ1) is 14.7. The summed E-state index contributed by atoms with van der Waals surface area (Å²) in [5.41, 5.74) is 1.73. The van der Waals surface area contributed by atoms with Gasteiger partial charge in [0.2, 0.25) is 0 Å². The molecule has 1 unspecified atom stereocenters. The highest BCUT2D eigenvalue weighted by Gasteiger charge is 2.22. The van der Waals surface area contributed by atoms with Gasteiger partial charge in [-0.05, 0) is 25.0 Å². The molecule has 0 amide bonds. The molecule has 3 heteroatoms. The van der Waals surface area contributed by atoms with Crippen molar-refractivity contribution in [3.8, 4) is 0 Å². The molecule has 0 radical (unpaired) electrons. The molecule has 0 spiro atoms. The van der Waals surface area contributed by atoms with Gasteiger partial charge < -0.3 is 4.74 Å². The summed E-state index contributed by atoms with van der Waals surface area (Å²) >= 11 is 0. The molecule has 0 aliphatic heterocycles. The lowest BCUT2D eigenvalue weighted by atomic mass is 9.99. The Balaban J connectivity index is 2.16. The number of para-hydroxylation sites is 1. The Kier molecular flexibility index (Phi) is 4.85. The Labute approximate surface area is 120 Å². The summed E-state index contributed by atoms with van der Waals surface area (Å²) in [6.07, 6.45) is -0.0125. The maximum atomic E-state index is 12.3. The Morgan fingerprint density at radius 3 is 2.65 bits per heavy atom. The highest BCUT2D eigenvalue weighted by atomic mass is 16.5. The minimum absolute atomic E-state index is 0.102. The topological polar surface area (TPSA) is 39.2 Å². The van der Waals surface area contributed by atoms with Gasteiger partial charge in [0, 0.05) is 17.7 Å². The van der Waals surface area contributed by atoms with E-state index in [-0.39, 0.29) is 17.8 Å². The van der Waals surface area contributed by atoms with E-state index in [9.17, 15) is 4.79 Å². The zero-order valence-electron chi connectivity index (χ0n) is 12.3. The number of carbonyl (C=O) groups excluding carboxylic acids is 1.